The molecule has 1 unspecified atom stereocenters. The van der Waals surface area contributed by atoms with Crippen molar-refractivity contribution < 1.29 is 13.2 Å². The van der Waals surface area contributed by atoms with Gasteiger partial charge in [-0.1, -0.05) is 20.8 Å². The number of aromatic nitrogens is 2. The van der Waals surface area contributed by atoms with E-state index in [0.717, 1.165) is 13.1 Å². The van der Waals surface area contributed by atoms with E-state index in [1.165, 1.54) is 6.20 Å². The first-order valence-corrected chi connectivity index (χ1v) is 8.63. The van der Waals surface area contributed by atoms with Crippen molar-refractivity contribution in [2.24, 2.45) is 5.92 Å². The second-order valence-corrected chi connectivity index (χ2v) is 6.93. The van der Waals surface area contributed by atoms with Gasteiger partial charge in [-0.3, -0.25) is 4.68 Å². The molecule has 8 heteroatoms. The second kappa shape index (κ2) is 8.47. The van der Waals surface area contributed by atoms with Crippen molar-refractivity contribution in [1.29, 1.82) is 0 Å². The number of sulfonamides is 1. The minimum Gasteiger partial charge on any atom is -0.383 e. The summed E-state index contributed by atoms with van der Waals surface area (Å²) in [4.78, 5) is 0.181. The van der Waals surface area contributed by atoms with E-state index in [0.29, 0.717) is 13.2 Å². The van der Waals surface area contributed by atoms with E-state index in [4.69, 9.17) is 4.74 Å². The summed E-state index contributed by atoms with van der Waals surface area (Å²) < 4.78 is 34.0. The number of nitrogens with zero attached hydrogens (tertiary/aromatic N) is 2. The molecule has 0 aliphatic rings. The van der Waals surface area contributed by atoms with E-state index in [-0.39, 0.29) is 16.9 Å². The van der Waals surface area contributed by atoms with Crippen molar-refractivity contribution in [2.75, 3.05) is 26.8 Å². The van der Waals surface area contributed by atoms with Gasteiger partial charge in [0.15, 0.2) is 0 Å². The Bertz CT molecular complexity index is 513. The molecule has 1 atom stereocenters. The average Bonchev–Trinajstić information content (AvgIpc) is 2.88. The Morgan fingerprint density at radius 1 is 1.43 bits per heavy atom. The maximum absolute atomic E-state index is 12.3. The Balaban J connectivity index is 2.73. The molecule has 0 saturated heterocycles. The van der Waals surface area contributed by atoms with Gasteiger partial charge in [-0.15, -0.1) is 0 Å². The van der Waals surface area contributed by atoms with Crippen LogP contribution in [0.4, 0.5) is 0 Å². The Morgan fingerprint density at radius 2 is 2.14 bits per heavy atom. The summed E-state index contributed by atoms with van der Waals surface area (Å²) in [6.07, 6.45) is 2.92. The third kappa shape index (κ3) is 5.74. The predicted octanol–water partition coefficient (Wildman–Crippen LogP) is 0.442. The fourth-order valence-electron chi connectivity index (χ4n) is 1.79. The van der Waals surface area contributed by atoms with Crippen LogP contribution in [0, 0.1) is 5.92 Å². The predicted molar refractivity (Wildman–Crippen MR) is 81.6 cm³/mol. The van der Waals surface area contributed by atoms with Crippen molar-refractivity contribution in [3.05, 3.63) is 12.4 Å². The van der Waals surface area contributed by atoms with Gasteiger partial charge in [-0.2, -0.15) is 5.10 Å². The summed E-state index contributed by atoms with van der Waals surface area (Å²) in [7, 11) is -2.01. The largest absolute Gasteiger partial charge is 0.383 e. The molecular formula is C13H26N4O3S. The van der Waals surface area contributed by atoms with Crippen LogP contribution in [-0.4, -0.2) is 51.0 Å². The van der Waals surface area contributed by atoms with Crippen molar-refractivity contribution in [1.82, 2.24) is 19.8 Å². The molecular weight excluding hydrogens is 292 g/mol. The van der Waals surface area contributed by atoms with Gasteiger partial charge >= 0.3 is 0 Å². The molecule has 0 aliphatic heterocycles. The van der Waals surface area contributed by atoms with E-state index in [2.05, 4.69) is 15.1 Å². The first kappa shape index (κ1) is 18.1. The highest BCUT2D eigenvalue weighted by Gasteiger charge is 2.23. The van der Waals surface area contributed by atoms with Crippen molar-refractivity contribution in [2.45, 2.75) is 38.3 Å². The fourth-order valence-corrected chi connectivity index (χ4v) is 3.11. The Labute approximate surface area is 127 Å². The molecule has 0 fully saturated rings. The van der Waals surface area contributed by atoms with E-state index in [9.17, 15) is 8.42 Å². The van der Waals surface area contributed by atoms with Crippen LogP contribution in [0.25, 0.3) is 0 Å². The minimum atomic E-state index is -3.57. The van der Waals surface area contributed by atoms with Gasteiger partial charge in [0.25, 0.3) is 0 Å². The lowest BCUT2D eigenvalue weighted by Gasteiger charge is -2.20. The molecule has 0 aromatic carbocycles. The van der Waals surface area contributed by atoms with Crippen molar-refractivity contribution >= 4 is 10.0 Å². The van der Waals surface area contributed by atoms with Gasteiger partial charge < -0.3 is 10.1 Å². The van der Waals surface area contributed by atoms with Gasteiger partial charge in [0, 0.05) is 25.9 Å². The number of likely N-dealkylation sites (N-methyl/N-ethyl adjacent to an activating group) is 1. The van der Waals surface area contributed by atoms with Gasteiger partial charge in [-0.05, 0) is 12.5 Å². The summed E-state index contributed by atoms with van der Waals surface area (Å²) >= 11 is 0. The maximum Gasteiger partial charge on any atom is 0.244 e. The Morgan fingerprint density at radius 3 is 2.71 bits per heavy atom. The lowest BCUT2D eigenvalue weighted by Crippen LogP contribution is -2.41. The summed E-state index contributed by atoms with van der Waals surface area (Å²) in [6.45, 7) is 8.52. The normalized spacial score (nSPS) is 13.8. The maximum atomic E-state index is 12.3. The monoisotopic (exact) mass is 318 g/mol. The number of ether oxygens (including phenoxy) is 1. The highest BCUT2D eigenvalue weighted by molar-refractivity contribution is 7.89. The quantitative estimate of drug-likeness (QED) is 0.612. The smallest absolute Gasteiger partial charge is 0.244 e. The van der Waals surface area contributed by atoms with Gasteiger partial charge in [0.1, 0.15) is 4.90 Å². The van der Waals surface area contributed by atoms with Crippen LogP contribution < -0.4 is 10.0 Å². The molecule has 0 aliphatic carbocycles. The topological polar surface area (TPSA) is 85.2 Å². The summed E-state index contributed by atoms with van der Waals surface area (Å²) in [5.41, 5.74) is 0. The van der Waals surface area contributed by atoms with Gasteiger partial charge in [0.05, 0.1) is 19.3 Å². The van der Waals surface area contributed by atoms with Crippen molar-refractivity contribution in [3.8, 4) is 0 Å². The molecule has 0 radical (unpaired) electrons. The summed E-state index contributed by atoms with van der Waals surface area (Å²) in [5, 5.41) is 7.24. The van der Waals surface area contributed by atoms with Gasteiger partial charge in [-0.25, -0.2) is 13.1 Å². The van der Waals surface area contributed by atoms with Crippen LogP contribution in [-0.2, 0) is 21.3 Å². The zero-order valence-electron chi connectivity index (χ0n) is 13.2. The molecule has 0 spiro atoms. The molecule has 7 nitrogen and oxygen atoms in total. The number of hydrogen-bond donors (Lipinski definition) is 2. The molecule has 1 rings (SSSR count). The Kier molecular flexibility index (Phi) is 7.30. The molecule has 0 amide bonds. The molecule has 122 valence electrons. The first-order chi connectivity index (χ1) is 9.90. The van der Waals surface area contributed by atoms with Crippen LogP contribution in [0.1, 0.15) is 20.8 Å². The van der Waals surface area contributed by atoms with Crippen LogP contribution >= 0.6 is 0 Å². The van der Waals surface area contributed by atoms with Crippen LogP contribution in [0.5, 0.6) is 0 Å². The summed E-state index contributed by atoms with van der Waals surface area (Å²) in [5.74, 6) is 0.142. The van der Waals surface area contributed by atoms with Crippen LogP contribution in [0.2, 0.25) is 0 Å². The average molecular weight is 318 g/mol. The van der Waals surface area contributed by atoms with E-state index in [1.807, 2.05) is 20.8 Å². The summed E-state index contributed by atoms with van der Waals surface area (Å²) in [6, 6.07) is -0.259. The molecule has 0 saturated carbocycles. The van der Waals surface area contributed by atoms with E-state index >= 15 is 0 Å². The standard InChI is InChI=1S/C13H26N4O3S/c1-5-14-6-7-17-9-12(8-15-17)21(18,19)16-13(10-20-4)11(2)3/h8-9,11,13-14,16H,5-7,10H2,1-4H3. The van der Waals surface area contributed by atoms with E-state index < -0.39 is 10.0 Å². The first-order valence-electron chi connectivity index (χ1n) is 7.15. The Hall–Kier alpha value is -0.960. The molecule has 2 N–H and O–H groups in total. The van der Waals surface area contributed by atoms with Crippen molar-refractivity contribution in [3.63, 3.8) is 0 Å². The number of hydrogen-bond acceptors (Lipinski definition) is 5. The number of nitrogens with one attached hydrogen (secondary N) is 2. The van der Waals surface area contributed by atoms with Crippen LogP contribution in [0.3, 0.4) is 0 Å². The highest BCUT2D eigenvalue weighted by atomic mass is 32.2. The minimum absolute atomic E-state index is 0.142. The van der Waals surface area contributed by atoms with Gasteiger partial charge in [0.2, 0.25) is 10.0 Å². The highest BCUT2D eigenvalue weighted by Crippen LogP contribution is 2.11. The van der Waals surface area contributed by atoms with Crippen LogP contribution in [0.15, 0.2) is 17.3 Å². The SMILES string of the molecule is CCNCCn1cc(S(=O)(=O)NC(COC)C(C)C)cn1. The van der Waals surface area contributed by atoms with E-state index in [1.54, 1.807) is 18.0 Å². The zero-order valence-corrected chi connectivity index (χ0v) is 14.0. The second-order valence-electron chi connectivity index (χ2n) is 5.22. The number of rotatable bonds is 10. The third-order valence-electron chi connectivity index (χ3n) is 3.15. The lowest BCUT2D eigenvalue weighted by atomic mass is 10.1. The molecule has 21 heavy (non-hydrogen) atoms. The number of methoxy groups -OCH3 is 1. The molecule has 0 bridgehead atoms. The molecule has 1 heterocycles. The lowest BCUT2D eigenvalue weighted by molar-refractivity contribution is 0.157. The fraction of sp³-hybridized carbons (Fsp3) is 0.769. The molecule has 1 aromatic heterocycles. The third-order valence-corrected chi connectivity index (χ3v) is 4.59. The molecule has 1 aromatic rings. The zero-order chi connectivity index (χ0) is 15.9.